The standard InChI is InChI=1S/C2H6O3Si/c1-6(5)2(3)4/h2-5H,1H2. The van der Waals surface area contributed by atoms with Gasteiger partial charge in [-0.1, -0.05) is 6.17 Å². The van der Waals surface area contributed by atoms with Gasteiger partial charge < -0.3 is 15.0 Å². The summed E-state index contributed by atoms with van der Waals surface area (Å²) in [5.41, 5.74) is 0. The Morgan fingerprint density at radius 1 is 1.50 bits per heavy atom. The maximum atomic E-state index is 8.12. The number of hydrogen-bond acceptors (Lipinski definition) is 3. The van der Waals surface area contributed by atoms with E-state index in [1.54, 1.807) is 0 Å². The van der Waals surface area contributed by atoms with E-state index in [0.29, 0.717) is 0 Å². The van der Waals surface area contributed by atoms with Crippen molar-refractivity contribution in [3.05, 3.63) is 0 Å². The molecule has 0 saturated heterocycles. The molecule has 0 spiro atoms. The van der Waals surface area contributed by atoms with Crippen molar-refractivity contribution in [3.63, 3.8) is 0 Å². The molecule has 0 rings (SSSR count). The molecule has 0 unspecified atom stereocenters. The van der Waals surface area contributed by atoms with Crippen LogP contribution in [0, 0.1) is 0 Å². The Labute approximate surface area is 36.8 Å². The summed E-state index contributed by atoms with van der Waals surface area (Å²) in [6, 6.07) is 0. The first-order valence-electron chi connectivity index (χ1n) is 1.38. The van der Waals surface area contributed by atoms with Crippen molar-refractivity contribution >= 4 is 14.8 Å². The summed E-state index contributed by atoms with van der Waals surface area (Å²) in [4.78, 5) is 8.12. The smallest absolute Gasteiger partial charge is 0.284 e. The van der Waals surface area contributed by atoms with Crippen molar-refractivity contribution < 1.29 is 15.0 Å². The Bertz CT molecular complexity index is 59.8. The minimum atomic E-state index is -2.09. The van der Waals surface area contributed by atoms with Crippen molar-refractivity contribution in [2.45, 2.75) is 5.91 Å². The maximum Gasteiger partial charge on any atom is 0.284 e. The molecule has 0 aromatic rings. The molecule has 4 heteroatoms. The second-order valence-corrected chi connectivity index (χ2v) is 2.36. The van der Waals surface area contributed by atoms with Gasteiger partial charge in [0.25, 0.3) is 8.65 Å². The van der Waals surface area contributed by atoms with E-state index in [0.717, 1.165) is 0 Å². The molecule has 0 heterocycles. The molecular weight excluding hydrogens is 100 g/mol. The van der Waals surface area contributed by atoms with Crippen molar-refractivity contribution in [3.8, 4) is 0 Å². The van der Waals surface area contributed by atoms with Crippen LogP contribution in [0.15, 0.2) is 0 Å². The van der Waals surface area contributed by atoms with E-state index in [1.165, 1.54) is 0 Å². The highest BCUT2D eigenvalue weighted by Gasteiger charge is 1.99. The summed E-state index contributed by atoms with van der Waals surface area (Å²) in [6.45, 7) is 0. The fourth-order valence-electron chi connectivity index (χ4n) is 0. The second-order valence-electron chi connectivity index (χ2n) is 0.865. The van der Waals surface area contributed by atoms with Crippen molar-refractivity contribution in [1.29, 1.82) is 0 Å². The molecule has 0 amide bonds. The molecule has 0 aromatic carbocycles. The maximum absolute atomic E-state index is 8.12. The average Bonchev–Trinajstić information content (AvgIpc) is 1.36. The fraction of sp³-hybridized carbons (Fsp3) is 0.500. The topological polar surface area (TPSA) is 60.7 Å². The normalized spacial score (nSPS) is 9.17. The fourth-order valence-corrected chi connectivity index (χ4v) is 0. The largest absolute Gasteiger partial charge is 0.563 e. The van der Waals surface area contributed by atoms with Crippen LogP contribution in [0.3, 0.4) is 0 Å². The zero-order valence-electron chi connectivity index (χ0n) is 3.13. The predicted octanol–water partition coefficient (Wildman–Crippen LogP) is -2.17. The summed E-state index contributed by atoms with van der Waals surface area (Å²) in [6.07, 6.45) is 3.00. The van der Waals surface area contributed by atoms with Crippen LogP contribution in [0.5, 0.6) is 0 Å². The van der Waals surface area contributed by atoms with Crippen LogP contribution in [0.2, 0.25) is 0 Å². The number of aliphatic hydroxyl groups is 2. The van der Waals surface area contributed by atoms with Gasteiger partial charge in [-0.3, -0.25) is 0 Å². The Balaban J connectivity index is 3.26. The van der Waals surface area contributed by atoms with E-state index in [9.17, 15) is 0 Å². The molecule has 0 aliphatic rings. The van der Waals surface area contributed by atoms with E-state index >= 15 is 0 Å². The molecule has 36 valence electrons. The van der Waals surface area contributed by atoms with E-state index in [-0.39, 0.29) is 0 Å². The molecule has 0 atom stereocenters. The molecule has 3 N–H and O–H groups in total. The first-order valence-corrected chi connectivity index (χ1v) is 3.11. The van der Waals surface area contributed by atoms with Gasteiger partial charge in [-0.05, 0) is 0 Å². The predicted molar refractivity (Wildman–Crippen MR) is 23.3 cm³/mol. The molecule has 0 saturated carbocycles. The first-order chi connectivity index (χ1) is 2.64. The summed E-state index contributed by atoms with van der Waals surface area (Å²) in [5, 5.41) is 15.8. The van der Waals surface area contributed by atoms with Crippen molar-refractivity contribution in [2.24, 2.45) is 0 Å². The quantitative estimate of drug-likeness (QED) is 0.263. The average molecular weight is 106 g/mol. The third-order valence-electron chi connectivity index (χ3n) is 0.298. The summed E-state index contributed by atoms with van der Waals surface area (Å²) < 4.78 is 0. The number of rotatable bonds is 1. The van der Waals surface area contributed by atoms with Gasteiger partial charge in [0, 0.05) is 0 Å². The summed E-state index contributed by atoms with van der Waals surface area (Å²) in [7, 11) is -2.09. The second kappa shape index (κ2) is 2.07. The van der Waals surface area contributed by atoms with E-state index in [2.05, 4.69) is 6.17 Å². The van der Waals surface area contributed by atoms with Gasteiger partial charge in [-0.15, -0.1) is 0 Å². The lowest BCUT2D eigenvalue weighted by Crippen LogP contribution is -2.21. The zero-order chi connectivity index (χ0) is 5.15. The first kappa shape index (κ1) is 5.81. The third kappa shape index (κ3) is 2.07. The van der Waals surface area contributed by atoms with Gasteiger partial charge in [0.15, 0.2) is 5.91 Å². The monoisotopic (exact) mass is 106 g/mol. The summed E-state index contributed by atoms with van der Waals surface area (Å²) >= 11 is 0. The van der Waals surface area contributed by atoms with Crippen LogP contribution in [0.4, 0.5) is 0 Å². The minimum absolute atomic E-state index is 1.60. The van der Waals surface area contributed by atoms with Gasteiger partial charge in [-0.2, -0.15) is 0 Å². The molecule has 0 radical (unpaired) electrons. The molecule has 0 fully saturated rings. The van der Waals surface area contributed by atoms with Gasteiger partial charge in [-0.25, -0.2) is 0 Å². The minimum Gasteiger partial charge on any atom is -0.563 e. The molecule has 3 nitrogen and oxygen atoms in total. The van der Waals surface area contributed by atoms with Crippen LogP contribution >= 0.6 is 0 Å². The van der Waals surface area contributed by atoms with Gasteiger partial charge in [0.2, 0.25) is 0 Å². The lowest BCUT2D eigenvalue weighted by atomic mass is 11.5. The van der Waals surface area contributed by atoms with E-state index in [4.69, 9.17) is 15.0 Å². The molecule has 6 heavy (non-hydrogen) atoms. The highest BCUT2D eigenvalue weighted by atomic mass is 28.3. The molecule has 0 aliphatic carbocycles. The molecule has 0 bridgehead atoms. The Kier molecular flexibility index (Phi) is 2.00. The SMILES string of the molecule is C=[Si](O)C(O)O. The Morgan fingerprint density at radius 3 is 1.67 bits per heavy atom. The van der Waals surface area contributed by atoms with Crippen molar-refractivity contribution in [1.82, 2.24) is 0 Å². The number of aliphatic hydroxyl groups excluding tert-OH is 1. The zero-order valence-corrected chi connectivity index (χ0v) is 4.13. The van der Waals surface area contributed by atoms with Crippen LogP contribution in [-0.4, -0.2) is 35.7 Å². The van der Waals surface area contributed by atoms with Crippen LogP contribution < -0.4 is 0 Å². The number of hydrogen-bond donors (Lipinski definition) is 3. The van der Waals surface area contributed by atoms with E-state index in [1.807, 2.05) is 0 Å². The van der Waals surface area contributed by atoms with Gasteiger partial charge in [0.05, 0.1) is 0 Å². The van der Waals surface area contributed by atoms with Crippen LogP contribution in [-0.2, 0) is 0 Å². The highest BCUT2D eigenvalue weighted by Crippen LogP contribution is 1.64. The van der Waals surface area contributed by atoms with Crippen LogP contribution in [0.1, 0.15) is 0 Å². The molecular formula is C2H6O3Si. The van der Waals surface area contributed by atoms with Gasteiger partial charge >= 0.3 is 0 Å². The van der Waals surface area contributed by atoms with Crippen molar-refractivity contribution in [2.75, 3.05) is 0 Å². The highest BCUT2D eigenvalue weighted by molar-refractivity contribution is 6.54. The Morgan fingerprint density at radius 2 is 1.67 bits per heavy atom. The third-order valence-corrected chi connectivity index (χ3v) is 0.894. The Hall–Kier alpha value is -0.193. The molecule has 0 aromatic heterocycles. The lowest BCUT2D eigenvalue weighted by molar-refractivity contribution is 0.0196. The lowest BCUT2D eigenvalue weighted by Gasteiger charge is -1.92. The van der Waals surface area contributed by atoms with E-state index < -0.39 is 14.6 Å². The van der Waals surface area contributed by atoms with Crippen LogP contribution in [0.25, 0.3) is 0 Å². The summed E-state index contributed by atoms with van der Waals surface area (Å²) in [5.74, 6) is -1.60. The molecule has 0 aliphatic heterocycles. The van der Waals surface area contributed by atoms with Gasteiger partial charge in [0.1, 0.15) is 0 Å².